The van der Waals surface area contributed by atoms with Gasteiger partial charge in [-0.05, 0) is 12.3 Å². The van der Waals surface area contributed by atoms with Gasteiger partial charge in [0.1, 0.15) is 0 Å². The minimum Gasteiger partial charge on any atom is -0.469 e. The van der Waals surface area contributed by atoms with Crippen molar-refractivity contribution in [3.63, 3.8) is 0 Å². The SMILES string of the molecule is COC(=O)C(=O)CC(CCC(=O)OC(=O)OCC(C)C)C(=O)OC. The largest absolute Gasteiger partial charge is 0.516 e. The molecule has 0 saturated heterocycles. The molecule has 0 aliphatic carbocycles. The maximum atomic E-state index is 11.6. The Labute approximate surface area is 139 Å². The fourth-order valence-electron chi connectivity index (χ4n) is 1.59. The van der Waals surface area contributed by atoms with Gasteiger partial charge in [0, 0.05) is 12.8 Å². The van der Waals surface area contributed by atoms with Crippen molar-refractivity contribution in [1.29, 1.82) is 0 Å². The summed E-state index contributed by atoms with van der Waals surface area (Å²) in [5, 5.41) is 0. The number of esters is 3. The van der Waals surface area contributed by atoms with Crippen LogP contribution >= 0.6 is 0 Å². The monoisotopic (exact) mass is 346 g/mol. The van der Waals surface area contributed by atoms with E-state index in [1.165, 1.54) is 0 Å². The lowest BCUT2D eigenvalue weighted by Crippen LogP contribution is -2.26. The van der Waals surface area contributed by atoms with Gasteiger partial charge in [0.25, 0.3) is 0 Å². The highest BCUT2D eigenvalue weighted by molar-refractivity contribution is 6.33. The second-order valence-corrected chi connectivity index (χ2v) is 5.31. The second-order valence-electron chi connectivity index (χ2n) is 5.31. The Kier molecular flexibility index (Phi) is 10.0. The van der Waals surface area contributed by atoms with Crippen LogP contribution in [0.3, 0.4) is 0 Å². The van der Waals surface area contributed by atoms with Gasteiger partial charge in [-0.25, -0.2) is 9.59 Å². The average Bonchev–Trinajstić information content (AvgIpc) is 2.54. The van der Waals surface area contributed by atoms with Gasteiger partial charge in [-0.15, -0.1) is 0 Å². The molecule has 9 nitrogen and oxygen atoms in total. The van der Waals surface area contributed by atoms with E-state index in [0.29, 0.717) is 0 Å². The van der Waals surface area contributed by atoms with E-state index >= 15 is 0 Å². The quantitative estimate of drug-likeness (QED) is 0.260. The van der Waals surface area contributed by atoms with Gasteiger partial charge in [-0.1, -0.05) is 13.8 Å². The Morgan fingerprint density at radius 2 is 1.58 bits per heavy atom. The molecule has 1 unspecified atom stereocenters. The summed E-state index contributed by atoms with van der Waals surface area (Å²) in [6, 6.07) is 0. The lowest BCUT2D eigenvalue weighted by atomic mass is 9.97. The van der Waals surface area contributed by atoms with Crippen LogP contribution in [0.4, 0.5) is 4.79 Å². The van der Waals surface area contributed by atoms with Gasteiger partial charge in [0.2, 0.25) is 5.78 Å². The summed E-state index contributed by atoms with van der Waals surface area (Å²) in [4.78, 5) is 57.0. The van der Waals surface area contributed by atoms with Crippen LogP contribution in [-0.4, -0.2) is 50.7 Å². The Bertz CT molecular complexity index is 481. The molecule has 0 radical (unpaired) electrons. The summed E-state index contributed by atoms with van der Waals surface area (Å²) in [5.74, 6) is -4.63. The Morgan fingerprint density at radius 1 is 0.958 bits per heavy atom. The number of hydrogen-bond acceptors (Lipinski definition) is 9. The molecule has 0 aromatic rings. The van der Waals surface area contributed by atoms with Gasteiger partial charge in [-0.2, -0.15) is 0 Å². The van der Waals surface area contributed by atoms with Crippen molar-refractivity contribution in [2.45, 2.75) is 33.1 Å². The predicted molar refractivity (Wildman–Crippen MR) is 78.7 cm³/mol. The third-order valence-corrected chi connectivity index (χ3v) is 2.81. The number of ether oxygens (including phenoxy) is 4. The van der Waals surface area contributed by atoms with Gasteiger partial charge in [0.05, 0.1) is 26.7 Å². The molecule has 1 atom stereocenters. The van der Waals surface area contributed by atoms with E-state index in [1.54, 1.807) is 0 Å². The molecule has 0 aromatic carbocycles. The smallest absolute Gasteiger partial charge is 0.469 e. The Hall–Kier alpha value is -2.45. The van der Waals surface area contributed by atoms with E-state index < -0.39 is 42.2 Å². The average molecular weight is 346 g/mol. The van der Waals surface area contributed by atoms with Crippen LogP contribution in [0.1, 0.15) is 33.1 Å². The van der Waals surface area contributed by atoms with E-state index in [9.17, 15) is 24.0 Å². The van der Waals surface area contributed by atoms with Crippen LogP contribution in [0.15, 0.2) is 0 Å². The number of hydrogen-bond donors (Lipinski definition) is 0. The maximum Gasteiger partial charge on any atom is 0.516 e. The number of Topliss-reactive ketones (excluding diaryl/α,β-unsaturated/α-hetero) is 1. The number of ketones is 1. The van der Waals surface area contributed by atoms with Gasteiger partial charge in [0.15, 0.2) is 0 Å². The van der Waals surface area contributed by atoms with Crippen LogP contribution in [-0.2, 0) is 38.1 Å². The highest BCUT2D eigenvalue weighted by Crippen LogP contribution is 2.15. The summed E-state index contributed by atoms with van der Waals surface area (Å²) in [5.41, 5.74) is 0. The Balaban J connectivity index is 4.47. The van der Waals surface area contributed by atoms with E-state index in [2.05, 4.69) is 18.9 Å². The zero-order valence-corrected chi connectivity index (χ0v) is 14.2. The molecule has 136 valence electrons. The lowest BCUT2D eigenvalue weighted by Gasteiger charge is -2.12. The number of rotatable bonds is 9. The van der Waals surface area contributed by atoms with Crippen LogP contribution < -0.4 is 0 Å². The zero-order chi connectivity index (χ0) is 18.7. The fraction of sp³-hybridized carbons (Fsp3) is 0.667. The summed E-state index contributed by atoms with van der Waals surface area (Å²) >= 11 is 0. The van der Waals surface area contributed by atoms with Crippen molar-refractivity contribution in [2.24, 2.45) is 11.8 Å². The van der Waals surface area contributed by atoms with Crippen LogP contribution in [0, 0.1) is 11.8 Å². The highest BCUT2D eigenvalue weighted by Gasteiger charge is 2.27. The first-order chi connectivity index (χ1) is 11.2. The molecule has 0 aromatic heterocycles. The zero-order valence-electron chi connectivity index (χ0n) is 14.2. The van der Waals surface area contributed by atoms with Crippen LogP contribution in [0.25, 0.3) is 0 Å². The summed E-state index contributed by atoms with van der Waals surface area (Å²) in [6.45, 7) is 3.73. The lowest BCUT2D eigenvalue weighted by molar-refractivity contribution is -0.154. The molecule has 0 heterocycles. The standard InChI is InChI=1S/C15H22O9/c1-9(2)8-23-15(20)24-12(17)6-5-10(13(18)21-3)7-11(16)14(19)22-4/h9-10H,5-8H2,1-4H3. The van der Waals surface area contributed by atoms with Crippen molar-refractivity contribution in [2.75, 3.05) is 20.8 Å². The minimum atomic E-state index is -1.13. The molecule has 0 aliphatic rings. The van der Waals surface area contributed by atoms with Crippen LogP contribution in [0.2, 0.25) is 0 Å². The first-order valence-electron chi connectivity index (χ1n) is 7.27. The number of methoxy groups -OCH3 is 2. The second kappa shape index (κ2) is 11.1. The summed E-state index contributed by atoms with van der Waals surface area (Å²) in [7, 11) is 2.15. The molecule has 0 saturated carbocycles. The molecule has 9 heteroatoms. The van der Waals surface area contributed by atoms with E-state index in [-0.39, 0.29) is 25.4 Å². The number of carbonyl (C=O) groups is 5. The molecule has 0 spiro atoms. The van der Waals surface area contributed by atoms with Crippen molar-refractivity contribution in [1.82, 2.24) is 0 Å². The molecule has 0 bridgehead atoms. The molecule has 0 rings (SSSR count). The first kappa shape index (κ1) is 21.6. The molecule has 0 aliphatic heterocycles. The van der Waals surface area contributed by atoms with Crippen molar-refractivity contribution in [3.8, 4) is 0 Å². The topological polar surface area (TPSA) is 122 Å². The minimum absolute atomic E-state index is 0.0840. The van der Waals surface area contributed by atoms with Gasteiger partial charge < -0.3 is 18.9 Å². The molecule has 0 N–H and O–H groups in total. The summed E-state index contributed by atoms with van der Waals surface area (Å²) < 4.78 is 17.9. The third kappa shape index (κ3) is 8.86. The van der Waals surface area contributed by atoms with Crippen LogP contribution in [0.5, 0.6) is 0 Å². The normalized spacial score (nSPS) is 11.4. The van der Waals surface area contributed by atoms with Gasteiger partial charge >= 0.3 is 24.1 Å². The summed E-state index contributed by atoms with van der Waals surface area (Å²) in [6.07, 6.45) is -2.06. The van der Waals surface area contributed by atoms with Gasteiger partial charge in [-0.3, -0.25) is 14.4 Å². The first-order valence-corrected chi connectivity index (χ1v) is 7.27. The third-order valence-electron chi connectivity index (χ3n) is 2.81. The van der Waals surface area contributed by atoms with Crippen molar-refractivity contribution in [3.05, 3.63) is 0 Å². The highest BCUT2D eigenvalue weighted by atomic mass is 16.7. The number of carbonyl (C=O) groups excluding carboxylic acids is 5. The fourth-order valence-corrected chi connectivity index (χ4v) is 1.59. The molecular weight excluding hydrogens is 324 g/mol. The molecule has 0 fully saturated rings. The molecule has 0 amide bonds. The Morgan fingerprint density at radius 3 is 2.08 bits per heavy atom. The molecular formula is C15H22O9. The van der Waals surface area contributed by atoms with E-state index in [4.69, 9.17) is 0 Å². The van der Waals surface area contributed by atoms with Crippen molar-refractivity contribution >= 4 is 29.8 Å². The van der Waals surface area contributed by atoms with Crippen molar-refractivity contribution < 1.29 is 42.9 Å². The van der Waals surface area contributed by atoms with E-state index in [1.807, 2.05) is 13.8 Å². The predicted octanol–water partition coefficient (Wildman–Crippen LogP) is 1.02. The van der Waals surface area contributed by atoms with E-state index in [0.717, 1.165) is 14.2 Å². The molecule has 24 heavy (non-hydrogen) atoms. The maximum absolute atomic E-state index is 11.6.